The van der Waals surface area contributed by atoms with E-state index in [0.717, 1.165) is 0 Å². The van der Waals surface area contributed by atoms with Crippen LogP contribution in [-0.2, 0) is 5.41 Å². The quantitative estimate of drug-likeness (QED) is 0.320. The van der Waals surface area contributed by atoms with Crippen molar-refractivity contribution in [3.05, 3.63) is 150 Å². The van der Waals surface area contributed by atoms with E-state index in [1.165, 1.54) is 39.0 Å². The van der Waals surface area contributed by atoms with Gasteiger partial charge in [-0.3, -0.25) is 0 Å². The molecular formula is C32H27Li. The Morgan fingerprint density at radius 1 is 0.576 bits per heavy atom. The largest absolute Gasteiger partial charge is 1.00 e. The van der Waals surface area contributed by atoms with Gasteiger partial charge in [0.2, 0.25) is 0 Å². The van der Waals surface area contributed by atoms with Gasteiger partial charge in [-0.05, 0) is 11.1 Å². The number of hydrogen-bond donors (Lipinski definition) is 0. The van der Waals surface area contributed by atoms with Gasteiger partial charge >= 0.3 is 18.9 Å². The van der Waals surface area contributed by atoms with Gasteiger partial charge in [0.25, 0.3) is 0 Å². The monoisotopic (exact) mass is 418 g/mol. The van der Waals surface area contributed by atoms with Crippen molar-refractivity contribution in [1.82, 2.24) is 0 Å². The summed E-state index contributed by atoms with van der Waals surface area (Å²) in [6.45, 7) is 4.69. The first-order chi connectivity index (χ1) is 15.7. The van der Waals surface area contributed by atoms with E-state index in [4.69, 9.17) is 0 Å². The second-order valence-corrected chi connectivity index (χ2v) is 8.66. The van der Waals surface area contributed by atoms with Crippen LogP contribution in [0, 0.1) is 12.0 Å². The minimum Gasteiger partial charge on any atom is -0.196 e. The number of hydrogen-bond acceptors (Lipinski definition) is 0. The minimum absolute atomic E-state index is 0. The fourth-order valence-electron chi connectivity index (χ4n) is 4.99. The van der Waals surface area contributed by atoms with E-state index < -0.39 is 0 Å². The predicted molar refractivity (Wildman–Crippen MR) is 136 cm³/mol. The predicted octanol–water partition coefficient (Wildman–Crippen LogP) is 5.10. The van der Waals surface area contributed by atoms with Gasteiger partial charge in [0.15, 0.2) is 0 Å². The molecule has 1 aliphatic rings. The summed E-state index contributed by atoms with van der Waals surface area (Å²) < 4.78 is 0. The van der Waals surface area contributed by atoms with Crippen molar-refractivity contribution < 1.29 is 18.9 Å². The van der Waals surface area contributed by atoms with Crippen molar-refractivity contribution in [3.8, 4) is 0 Å². The average Bonchev–Trinajstić information content (AvgIpc) is 2.87. The maximum Gasteiger partial charge on any atom is 1.00 e. The smallest absolute Gasteiger partial charge is 0.196 e. The molecule has 5 rings (SSSR count). The molecule has 0 nitrogen and oxygen atoms in total. The van der Waals surface area contributed by atoms with Crippen molar-refractivity contribution in [2.24, 2.45) is 5.92 Å². The molecule has 156 valence electrons. The first-order valence-corrected chi connectivity index (χ1v) is 11.3. The zero-order valence-corrected chi connectivity index (χ0v) is 19.6. The van der Waals surface area contributed by atoms with Gasteiger partial charge < -0.3 is 0 Å². The van der Waals surface area contributed by atoms with Gasteiger partial charge in [-0.2, -0.15) is 11.6 Å². The van der Waals surface area contributed by atoms with Crippen molar-refractivity contribution in [2.75, 3.05) is 0 Å². The zero-order valence-electron chi connectivity index (χ0n) is 19.6. The second kappa shape index (κ2) is 9.84. The molecule has 0 amide bonds. The van der Waals surface area contributed by atoms with Crippen LogP contribution in [0.25, 0.3) is 16.7 Å². The summed E-state index contributed by atoms with van der Waals surface area (Å²) in [6.07, 6.45) is 3.93. The molecular weight excluding hydrogens is 391 g/mol. The van der Waals surface area contributed by atoms with Crippen LogP contribution in [0.3, 0.4) is 0 Å². The Labute approximate surface area is 209 Å². The van der Waals surface area contributed by atoms with Crippen LogP contribution in [0.1, 0.15) is 36.1 Å². The Bertz CT molecular complexity index is 1260. The normalized spacial score (nSPS) is 20.1. The van der Waals surface area contributed by atoms with E-state index >= 15 is 0 Å². The first-order valence-electron chi connectivity index (χ1n) is 11.3. The van der Waals surface area contributed by atoms with E-state index in [2.05, 4.69) is 141 Å². The molecule has 2 unspecified atom stereocenters. The molecule has 0 radical (unpaired) electrons. The maximum absolute atomic E-state index is 3.93. The molecule has 0 N–H and O–H groups in total. The van der Waals surface area contributed by atoms with Gasteiger partial charge in [0.05, 0.1) is 0 Å². The molecule has 0 aromatic heterocycles. The second-order valence-electron chi connectivity index (χ2n) is 8.66. The molecule has 33 heavy (non-hydrogen) atoms. The van der Waals surface area contributed by atoms with Crippen molar-refractivity contribution in [3.63, 3.8) is 0 Å². The van der Waals surface area contributed by atoms with Crippen LogP contribution in [0.4, 0.5) is 0 Å². The van der Waals surface area contributed by atoms with Crippen LogP contribution in [0.15, 0.2) is 121 Å². The molecule has 0 saturated heterocycles. The Kier molecular flexibility index (Phi) is 6.90. The van der Waals surface area contributed by atoms with Crippen LogP contribution in [0.5, 0.6) is 0 Å². The van der Waals surface area contributed by atoms with E-state index in [-0.39, 0.29) is 30.2 Å². The van der Waals surface area contributed by atoms with Crippen molar-refractivity contribution in [2.45, 2.75) is 19.3 Å². The van der Waals surface area contributed by atoms with Gasteiger partial charge in [-0.25, -0.2) is 0 Å². The Balaban J connectivity index is 0.00000259. The molecule has 1 heteroatoms. The van der Waals surface area contributed by atoms with Crippen LogP contribution < -0.4 is 18.9 Å². The molecule has 4 aromatic rings. The van der Waals surface area contributed by atoms with E-state index in [9.17, 15) is 0 Å². The topological polar surface area (TPSA) is 0 Å². The fraction of sp³-hybridized carbons (Fsp3) is 0.125. The molecule has 0 bridgehead atoms. The number of benzene rings is 4. The summed E-state index contributed by atoms with van der Waals surface area (Å²) in [6, 6.07) is 43.3. The van der Waals surface area contributed by atoms with Crippen LogP contribution >= 0.6 is 0 Å². The number of allylic oxidation sites excluding steroid dienone is 4. The third-order valence-electron chi connectivity index (χ3n) is 6.81. The summed E-state index contributed by atoms with van der Waals surface area (Å²) in [4.78, 5) is 0. The summed E-state index contributed by atoms with van der Waals surface area (Å²) in [5.74, 6) is 0.197. The summed E-state index contributed by atoms with van der Waals surface area (Å²) in [5.41, 5.74) is 8.63. The molecule has 1 aliphatic carbocycles. The van der Waals surface area contributed by atoms with Crippen LogP contribution in [0.2, 0.25) is 0 Å². The summed E-state index contributed by atoms with van der Waals surface area (Å²) in [7, 11) is 0. The van der Waals surface area contributed by atoms with Gasteiger partial charge in [0.1, 0.15) is 0 Å². The molecule has 0 aliphatic heterocycles. The van der Waals surface area contributed by atoms with Gasteiger partial charge in [-0.15, -0.1) is 23.3 Å². The molecule has 2 atom stereocenters. The molecule has 0 fully saturated rings. The third kappa shape index (κ3) is 4.18. The van der Waals surface area contributed by atoms with E-state index in [1.807, 2.05) is 0 Å². The van der Waals surface area contributed by atoms with Gasteiger partial charge in [0, 0.05) is 5.41 Å². The van der Waals surface area contributed by atoms with Crippen molar-refractivity contribution in [1.29, 1.82) is 0 Å². The number of rotatable bonds is 4. The first kappa shape index (κ1) is 23.1. The Morgan fingerprint density at radius 3 is 1.52 bits per heavy atom. The molecule has 4 aromatic carbocycles. The minimum atomic E-state index is -0.216. The van der Waals surface area contributed by atoms with E-state index in [1.54, 1.807) is 0 Å². The summed E-state index contributed by atoms with van der Waals surface area (Å²) >= 11 is 0. The Morgan fingerprint density at radius 2 is 1.00 bits per heavy atom. The maximum atomic E-state index is 3.93. The van der Waals surface area contributed by atoms with Gasteiger partial charge in [-0.1, -0.05) is 140 Å². The van der Waals surface area contributed by atoms with Crippen molar-refractivity contribution >= 4 is 16.7 Å². The zero-order chi connectivity index (χ0) is 22.0. The van der Waals surface area contributed by atoms with Crippen LogP contribution in [-0.4, -0.2) is 0 Å². The fourth-order valence-corrected chi connectivity index (χ4v) is 4.99. The molecule has 0 saturated carbocycles. The molecule has 0 spiro atoms. The SMILES string of the molecule is CC1[C-]=C(c2ccccc2)C(c2ccccc2)=C(c2ccccc2)C1(C)c1ccccc1.[Li+]. The third-order valence-corrected chi connectivity index (χ3v) is 6.81. The summed E-state index contributed by atoms with van der Waals surface area (Å²) in [5, 5.41) is 0. The molecule has 0 heterocycles. The Hall–Kier alpha value is -3.04. The van der Waals surface area contributed by atoms with E-state index in [0.29, 0.717) is 0 Å². The standard InChI is InChI=1S/C32H27.Li/c1-24-23-29(25-15-7-3-8-16-25)30(26-17-9-4-10-18-26)31(27-19-11-5-12-20-27)32(24,2)28-21-13-6-14-22-28;/h3-22,24H,1-2H3;/q-1;+1. The average molecular weight is 419 g/mol.